The fraction of sp³-hybridized carbons (Fsp3) is 0.902. The molecule has 4 N–H and O–H groups in total. The van der Waals surface area contributed by atoms with E-state index in [9.17, 15) is 20.1 Å². The van der Waals surface area contributed by atoms with E-state index in [1.807, 2.05) is 6.08 Å². The Morgan fingerprint density at radius 3 is 1.09 bits per heavy atom. The SMILES string of the molecule is CCCCCCCCCCCCC/C=C/CC/C=C/C(O)C(CO)NC(=O)C(O)CCCCCCCCCCCCCCCCCCCCCCCCCCC. The van der Waals surface area contributed by atoms with Gasteiger partial charge < -0.3 is 20.6 Å². The summed E-state index contributed by atoms with van der Waals surface area (Å²) in [7, 11) is 0. The molecule has 0 aliphatic carbocycles. The van der Waals surface area contributed by atoms with Crippen molar-refractivity contribution in [2.75, 3.05) is 6.61 Å². The van der Waals surface area contributed by atoms with Crippen LogP contribution in [0.5, 0.6) is 0 Å². The first kappa shape index (κ1) is 54.8. The smallest absolute Gasteiger partial charge is 0.249 e. The third-order valence-corrected chi connectivity index (χ3v) is 11.8. The summed E-state index contributed by atoms with van der Waals surface area (Å²) < 4.78 is 0. The summed E-state index contributed by atoms with van der Waals surface area (Å²) in [5.41, 5.74) is 0. The van der Waals surface area contributed by atoms with Crippen molar-refractivity contribution in [1.29, 1.82) is 0 Å². The highest BCUT2D eigenvalue weighted by Crippen LogP contribution is 2.17. The Morgan fingerprint density at radius 1 is 0.429 bits per heavy atom. The maximum atomic E-state index is 12.5. The minimum atomic E-state index is -1.10. The fourth-order valence-corrected chi connectivity index (χ4v) is 7.85. The highest BCUT2D eigenvalue weighted by molar-refractivity contribution is 5.80. The quantitative estimate of drug-likeness (QED) is 0.0365. The molecule has 0 rings (SSSR count). The Hall–Kier alpha value is -1.17. The van der Waals surface area contributed by atoms with Gasteiger partial charge in [-0.1, -0.05) is 263 Å². The number of rotatable bonds is 46. The molecule has 0 saturated carbocycles. The molecule has 0 radical (unpaired) electrons. The second kappa shape index (κ2) is 46.5. The van der Waals surface area contributed by atoms with Crippen LogP contribution < -0.4 is 5.32 Å². The van der Waals surface area contributed by atoms with Crippen molar-refractivity contribution in [2.24, 2.45) is 0 Å². The lowest BCUT2D eigenvalue weighted by Gasteiger charge is -2.21. The molecule has 0 fully saturated rings. The summed E-state index contributed by atoms with van der Waals surface area (Å²) in [5.74, 6) is -0.508. The topological polar surface area (TPSA) is 89.8 Å². The number of unbranched alkanes of at least 4 members (excludes halogenated alkanes) is 36. The van der Waals surface area contributed by atoms with Crippen molar-refractivity contribution in [3.05, 3.63) is 24.3 Å². The van der Waals surface area contributed by atoms with E-state index in [0.717, 1.165) is 38.5 Å². The Bertz CT molecular complexity index is 829. The minimum Gasteiger partial charge on any atom is -0.394 e. The third-order valence-electron chi connectivity index (χ3n) is 11.8. The van der Waals surface area contributed by atoms with E-state index in [-0.39, 0.29) is 6.61 Å². The molecule has 0 spiro atoms. The second-order valence-electron chi connectivity index (χ2n) is 17.4. The number of aliphatic hydroxyl groups is 3. The number of hydrogen-bond acceptors (Lipinski definition) is 4. The van der Waals surface area contributed by atoms with Gasteiger partial charge in [0.25, 0.3) is 0 Å². The number of allylic oxidation sites excluding steroid dienone is 3. The lowest BCUT2D eigenvalue weighted by molar-refractivity contribution is -0.131. The summed E-state index contributed by atoms with van der Waals surface area (Å²) in [6.07, 6.45) is 58.1. The van der Waals surface area contributed by atoms with E-state index in [2.05, 4.69) is 31.3 Å². The number of carbonyl (C=O) groups is 1. The highest BCUT2D eigenvalue weighted by atomic mass is 16.3. The molecule has 0 saturated heterocycles. The highest BCUT2D eigenvalue weighted by Gasteiger charge is 2.22. The fourth-order valence-electron chi connectivity index (χ4n) is 7.85. The third kappa shape index (κ3) is 41.0. The molecule has 0 aliphatic rings. The van der Waals surface area contributed by atoms with E-state index in [4.69, 9.17) is 0 Å². The molecule has 3 unspecified atom stereocenters. The predicted molar refractivity (Wildman–Crippen MR) is 245 cm³/mol. The number of amides is 1. The van der Waals surface area contributed by atoms with E-state index in [1.165, 1.54) is 212 Å². The first-order valence-corrected chi connectivity index (χ1v) is 25.2. The summed E-state index contributed by atoms with van der Waals surface area (Å²) >= 11 is 0. The molecular formula is C51H99NO4. The summed E-state index contributed by atoms with van der Waals surface area (Å²) in [4.78, 5) is 12.5. The van der Waals surface area contributed by atoms with E-state index < -0.39 is 24.2 Å². The van der Waals surface area contributed by atoms with Gasteiger partial charge in [-0.25, -0.2) is 0 Å². The molecule has 5 heteroatoms. The zero-order valence-electron chi connectivity index (χ0n) is 37.8. The van der Waals surface area contributed by atoms with Gasteiger partial charge in [0, 0.05) is 0 Å². The van der Waals surface area contributed by atoms with Crippen LogP contribution in [0, 0.1) is 0 Å². The van der Waals surface area contributed by atoms with Crippen LogP contribution in [0.3, 0.4) is 0 Å². The van der Waals surface area contributed by atoms with Crippen LogP contribution in [0.4, 0.5) is 0 Å². The van der Waals surface area contributed by atoms with Crippen molar-refractivity contribution >= 4 is 5.91 Å². The van der Waals surface area contributed by atoms with Gasteiger partial charge in [0.2, 0.25) is 5.91 Å². The van der Waals surface area contributed by atoms with Crippen molar-refractivity contribution in [3.63, 3.8) is 0 Å². The van der Waals surface area contributed by atoms with Crippen LogP contribution in [-0.4, -0.2) is 46.1 Å². The van der Waals surface area contributed by atoms with E-state index >= 15 is 0 Å². The van der Waals surface area contributed by atoms with Gasteiger partial charge in [0.1, 0.15) is 6.10 Å². The van der Waals surface area contributed by atoms with Crippen LogP contribution >= 0.6 is 0 Å². The van der Waals surface area contributed by atoms with Gasteiger partial charge >= 0.3 is 0 Å². The van der Waals surface area contributed by atoms with Gasteiger partial charge in [-0.2, -0.15) is 0 Å². The average Bonchev–Trinajstić information content (AvgIpc) is 3.20. The Labute approximate surface area is 350 Å². The van der Waals surface area contributed by atoms with Crippen molar-refractivity contribution in [1.82, 2.24) is 5.32 Å². The molecule has 1 amide bonds. The maximum Gasteiger partial charge on any atom is 0.249 e. The average molecular weight is 790 g/mol. The first-order chi connectivity index (χ1) is 27.6. The second-order valence-corrected chi connectivity index (χ2v) is 17.4. The molecular weight excluding hydrogens is 691 g/mol. The summed E-state index contributed by atoms with van der Waals surface area (Å²) in [5, 5.41) is 33.2. The Morgan fingerprint density at radius 2 is 0.732 bits per heavy atom. The lowest BCUT2D eigenvalue weighted by atomic mass is 10.0. The van der Waals surface area contributed by atoms with Crippen LogP contribution in [0.1, 0.15) is 271 Å². The normalized spacial score (nSPS) is 13.6. The molecule has 332 valence electrons. The number of carbonyl (C=O) groups excluding carboxylic acids is 1. The molecule has 0 aromatic rings. The van der Waals surface area contributed by atoms with Gasteiger partial charge in [-0.3, -0.25) is 4.79 Å². The Kier molecular flexibility index (Phi) is 45.5. The Balaban J connectivity index is 3.60. The van der Waals surface area contributed by atoms with Gasteiger partial charge in [-0.05, 0) is 32.1 Å². The predicted octanol–water partition coefficient (Wildman–Crippen LogP) is 14.9. The van der Waals surface area contributed by atoms with E-state index in [1.54, 1.807) is 6.08 Å². The van der Waals surface area contributed by atoms with Crippen LogP contribution in [0.25, 0.3) is 0 Å². The van der Waals surface area contributed by atoms with Gasteiger partial charge in [0.15, 0.2) is 0 Å². The van der Waals surface area contributed by atoms with E-state index in [0.29, 0.717) is 6.42 Å². The zero-order valence-corrected chi connectivity index (χ0v) is 37.8. The number of hydrogen-bond donors (Lipinski definition) is 4. The molecule has 0 aromatic carbocycles. The molecule has 0 bridgehead atoms. The first-order valence-electron chi connectivity index (χ1n) is 25.2. The number of nitrogens with one attached hydrogen (secondary N) is 1. The van der Waals surface area contributed by atoms with Crippen molar-refractivity contribution < 1.29 is 20.1 Å². The van der Waals surface area contributed by atoms with Gasteiger partial charge in [0.05, 0.1) is 18.8 Å². The molecule has 5 nitrogen and oxygen atoms in total. The molecule has 0 aromatic heterocycles. The van der Waals surface area contributed by atoms with Crippen LogP contribution in [0.2, 0.25) is 0 Å². The van der Waals surface area contributed by atoms with Crippen molar-refractivity contribution in [3.8, 4) is 0 Å². The molecule has 3 atom stereocenters. The van der Waals surface area contributed by atoms with Crippen LogP contribution in [-0.2, 0) is 4.79 Å². The largest absolute Gasteiger partial charge is 0.394 e. The number of aliphatic hydroxyl groups excluding tert-OH is 3. The molecule has 0 heterocycles. The van der Waals surface area contributed by atoms with Gasteiger partial charge in [-0.15, -0.1) is 0 Å². The summed E-state index contributed by atoms with van der Waals surface area (Å²) in [6, 6.07) is -0.811. The van der Waals surface area contributed by atoms with Crippen molar-refractivity contribution in [2.45, 2.75) is 289 Å². The molecule has 56 heavy (non-hydrogen) atoms. The zero-order chi connectivity index (χ0) is 40.8. The molecule has 0 aliphatic heterocycles. The van der Waals surface area contributed by atoms with Crippen LogP contribution in [0.15, 0.2) is 24.3 Å². The summed E-state index contributed by atoms with van der Waals surface area (Å²) in [6.45, 7) is 4.19. The monoisotopic (exact) mass is 790 g/mol. The maximum absolute atomic E-state index is 12.5. The minimum absolute atomic E-state index is 0.373. The standard InChI is InChI=1S/C51H99NO4/c1-3-5-7-9-11-13-15-17-19-21-22-23-24-25-26-27-28-30-32-34-36-38-40-42-44-46-50(55)51(56)52-48(47-53)49(54)45-43-41-39-37-35-33-31-29-20-18-16-14-12-10-8-6-4-2/h35,37,43,45,48-50,53-55H,3-34,36,38-42,44,46-47H2,1-2H3,(H,52,56)/b37-35+,45-43+. The lowest BCUT2D eigenvalue weighted by Crippen LogP contribution is -2.48.